The molecule has 3 aromatic carbocycles. The third-order valence-corrected chi connectivity index (χ3v) is 6.14. The molecule has 0 radical (unpaired) electrons. The zero-order valence-electron chi connectivity index (χ0n) is 22.1. The lowest BCUT2D eigenvalue weighted by molar-refractivity contribution is 0.122. The third kappa shape index (κ3) is 6.30. The Balaban J connectivity index is 0.00000156. The molecule has 0 atom stereocenters. The second-order valence-corrected chi connectivity index (χ2v) is 8.31. The molecule has 7 nitrogen and oxygen atoms in total. The fourth-order valence-corrected chi connectivity index (χ4v) is 4.28. The Morgan fingerprint density at radius 1 is 0.811 bits per heavy atom. The maximum absolute atomic E-state index is 6.04. The van der Waals surface area contributed by atoms with Crippen LogP contribution in [0.15, 0.2) is 66.7 Å². The molecule has 1 saturated heterocycles. The van der Waals surface area contributed by atoms with Gasteiger partial charge >= 0.3 is 6.01 Å². The lowest BCUT2D eigenvalue weighted by Crippen LogP contribution is -2.37. The summed E-state index contributed by atoms with van der Waals surface area (Å²) in [6, 6.07) is 22.9. The van der Waals surface area contributed by atoms with Gasteiger partial charge in [-0.2, -0.15) is 9.97 Å². The van der Waals surface area contributed by atoms with Crippen molar-refractivity contribution >= 4 is 16.7 Å². The minimum absolute atomic E-state index is 0.381. The summed E-state index contributed by atoms with van der Waals surface area (Å²) in [6.07, 6.45) is 0.696. The van der Waals surface area contributed by atoms with Crippen LogP contribution in [-0.2, 0) is 11.2 Å². The largest absolute Gasteiger partial charge is 0.493 e. The Morgan fingerprint density at radius 2 is 1.57 bits per heavy atom. The molecule has 0 N–H and O–H groups in total. The highest BCUT2D eigenvalue weighted by Crippen LogP contribution is 2.31. The number of hydrogen-bond acceptors (Lipinski definition) is 7. The van der Waals surface area contributed by atoms with Gasteiger partial charge in [0.05, 0.1) is 39.6 Å². The third-order valence-electron chi connectivity index (χ3n) is 6.14. The second kappa shape index (κ2) is 12.9. The zero-order valence-corrected chi connectivity index (χ0v) is 22.1. The van der Waals surface area contributed by atoms with E-state index in [0.717, 1.165) is 46.5 Å². The minimum Gasteiger partial charge on any atom is -0.493 e. The van der Waals surface area contributed by atoms with Gasteiger partial charge in [-0.1, -0.05) is 56.3 Å². The van der Waals surface area contributed by atoms with Crippen LogP contribution in [0, 0.1) is 0 Å². The first-order valence-electron chi connectivity index (χ1n) is 12.8. The standard InChI is InChI=1S/C28H29N3O4.C2H6/c1-32-25-11-8-20(18-26(25)33-2)12-15-35-28-29-24-10-9-22(21-6-4-3-5-7-21)19-23(24)27(30-28)31-13-16-34-17-14-31;1-2/h3-11,18-19H,12-17H2,1-2H3;1-2H3. The summed E-state index contributed by atoms with van der Waals surface area (Å²) >= 11 is 0. The summed E-state index contributed by atoms with van der Waals surface area (Å²) in [5.41, 5.74) is 4.25. The summed E-state index contributed by atoms with van der Waals surface area (Å²) in [7, 11) is 3.27. The lowest BCUT2D eigenvalue weighted by Gasteiger charge is -2.29. The number of anilines is 1. The number of methoxy groups -OCH3 is 2. The Hall–Kier alpha value is -3.84. The fraction of sp³-hybridized carbons (Fsp3) is 0.333. The average Bonchev–Trinajstić information content (AvgIpc) is 2.98. The average molecular weight is 502 g/mol. The Morgan fingerprint density at radius 3 is 2.30 bits per heavy atom. The van der Waals surface area contributed by atoms with Crippen LogP contribution in [0.5, 0.6) is 17.5 Å². The molecule has 7 heteroatoms. The summed E-state index contributed by atoms with van der Waals surface area (Å²) in [4.78, 5) is 11.8. The van der Waals surface area contributed by atoms with E-state index in [2.05, 4.69) is 29.2 Å². The van der Waals surface area contributed by atoms with E-state index in [0.29, 0.717) is 43.8 Å². The molecule has 194 valence electrons. The zero-order chi connectivity index (χ0) is 26.0. The van der Waals surface area contributed by atoms with Crippen LogP contribution in [0.3, 0.4) is 0 Å². The SMILES string of the molecule is CC.COc1ccc(CCOc2nc(N3CCOCC3)c3cc(-c4ccccc4)ccc3n2)cc1OC. The van der Waals surface area contributed by atoms with E-state index in [4.69, 9.17) is 28.9 Å². The van der Waals surface area contributed by atoms with Gasteiger partial charge < -0.3 is 23.8 Å². The summed E-state index contributed by atoms with van der Waals surface area (Å²) in [5.74, 6) is 2.30. The number of aromatic nitrogens is 2. The van der Waals surface area contributed by atoms with Gasteiger partial charge in [0.1, 0.15) is 5.82 Å². The van der Waals surface area contributed by atoms with E-state index in [-0.39, 0.29) is 0 Å². The smallest absolute Gasteiger partial charge is 0.318 e. The van der Waals surface area contributed by atoms with Gasteiger partial charge in [0.2, 0.25) is 0 Å². The number of fused-ring (bicyclic) bond motifs is 1. The molecular formula is C30H35N3O4. The van der Waals surface area contributed by atoms with Gasteiger partial charge in [-0.25, -0.2) is 0 Å². The minimum atomic E-state index is 0.381. The predicted octanol–water partition coefficient (Wildman–Crippen LogP) is 5.80. The molecular weight excluding hydrogens is 466 g/mol. The molecule has 1 aromatic heterocycles. The number of benzene rings is 3. The molecule has 1 aliphatic rings. The first-order valence-corrected chi connectivity index (χ1v) is 12.8. The molecule has 4 aromatic rings. The number of morpholine rings is 1. The van der Waals surface area contributed by atoms with Crippen LogP contribution >= 0.6 is 0 Å². The lowest BCUT2D eigenvalue weighted by atomic mass is 10.0. The highest BCUT2D eigenvalue weighted by molar-refractivity contribution is 5.93. The van der Waals surface area contributed by atoms with Gasteiger partial charge in [-0.15, -0.1) is 0 Å². The summed E-state index contributed by atoms with van der Waals surface area (Å²) < 4.78 is 22.3. The van der Waals surface area contributed by atoms with Crippen LogP contribution in [0.2, 0.25) is 0 Å². The van der Waals surface area contributed by atoms with Gasteiger partial charge in [0, 0.05) is 24.9 Å². The van der Waals surface area contributed by atoms with Crippen molar-refractivity contribution in [3.05, 3.63) is 72.3 Å². The van der Waals surface area contributed by atoms with Gasteiger partial charge in [-0.05, 0) is 41.0 Å². The molecule has 1 aliphatic heterocycles. The number of ether oxygens (including phenoxy) is 4. The summed E-state index contributed by atoms with van der Waals surface area (Å²) in [5, 5.41) is 1.01. The van der Waals surface area contributed by atoms with Crippen LogP contribution in [-0.4, -0.2) is 57.1 Å². The molecule has 0 spiro atoms. The van der Waals surface area contributed by atoms with E-state index in [1.165, 1.54) is 0 Å². The molecule has 0 bridgehead atoms. The van der Waals surface area contributed by atoms with Crippen molar-refractivity contribution in [2.75, 3.05) is 52.0 Å². The van der Waals surface area contributed by atoms with Gasteiger partial charge in [-0.3, -0.25) is 0 Å². The predicted molar refractivity (Wildman–Crippen MR) is 148 cm³/mol. The molecule has 0 unspecified atom stereocenters. The van der Waals surface area contributed by atoms with Crippen LogP contribution in [0.25, 0.3) is 22.0 Å². The van der Waals surface area contributed by atoms with Gasteiger partial charge in [0.25, 0.3) is 0 Å². The quantitative estimate of drug-likeness (QED) is 0.302. The van der Waals surface area contributed by atoms with Crippen molar-refractivity contribution in [3.8, 4) is 28.6 Å². The first-order chi connectivity index (χ1) is 18.2. The van der Waals surface area contributed by atoms with Crippen LogP contribution in [0.1, 0.15) is 19.4 Å². The Kier molecular flexibility index (Phi) is 9.16. The normalized spacial score (nSPS) is 13.0. The van der Waals surface area contributed by atoms with E-state index in [1.807, 2.05) is 56.3 Å². The Bertz CT molecular complexity index is 1290. The van der Waals surface area contributed by atoms with Crippen molar-refractivity contribution in [3.63, 3.8) is 0 Å². The molecule has 0 amide bonds. The number of rotatable bonds is 8. The Labute approximate surface area is 219 Å². The van der Waals surface area contributed by atoms with Crippen LogP contribution < -0.4 is 19.1 Å². The number of hydrogen-bond donors (Lipinski definition) is 0. The monoisotopic (exact) mass is 501 g/mol. The number of nitrogens with zero attached hydrogens (tertiary/aromatic N) is 3. The summed E-state index contributed by atoms with van der Waals surface area (Å²) in [6.45, 7) is 7.38. The highest BCUT2D eigenvalue weighted by atomic mass is 16.5. The van der Waals surface area contributed by atoms with Crippen molar-refractivity contribution in [2.24, 2.45) is 0 Å². The molecule has 2 heterocycles. The van der Waals surface area contributed by atoms with Gasteiger partial charge in [0.15, 0.2) is 11.5 Å². The highest BCUT2D eigenvalue weighted by Gasteiger charge is 2.19. The second-order valence-electron chi connectivity index (χ2n) is 8.31. The first kappa shape index (κ1) is 26.2. The van der Waals surface area contributed by atoms with E-state index in [1.54, 1.807) is 14.2 Å². The van der Waals surface area contributed by atoms with E-state index < -0.39 is 0 Å². The van der Waals surface area contributed by atoms with Crippen molar-refractivity contribution in [1.82, 2.24) is 9.97 Å². The maximum atomic E-state index is 6.04. The van der Waals surface area contributed by atoms with Crippen molar-refractivity contribution in [1.29, 1.82) is 0 Å². The van der Waals surface area contributed by atoms with E-state index >= 15 is 0 Å². The topological polar surface area (TPSA) is 65.9 Å². The fourth-order valence-electron chi connectivity index (χ4n) is 4.28. The van der Waals surface area contributed by atoms with Crippen molar-refractivity contribution in [2.45, 2.75) is 20.3 Å². The van der Waals surface area contributed by atoms with E-state index in [9.17, 15) is 0 Å². The van der Waals surface area contributed by atoms with Crippen LogP contribution in [0.4, 0.5) is 5.82 Å². The van der Waals surface area contributed by atoms with Crippen molar-refractivity contribution < 1.29 is 18.9 Å². The molecule has 0 saturated carbocycles. The molecule has 1 fully saturated rings. The maximum Gasteiger partial charge on any atom is 0.318 e. The molecule has 37 heavy (non-hydrogen) atoms. The molecule has 5 rings (SSSR count). The molecule has 0 aliphatic carbocycles.